The first-order chi connectivity index (χ1) is 8.08. The number of hydrogen-bond donors (Lipinski definition) is 1. The van der Waals surface area contributed by atoms with Crippen molar-refractivity contribution < 1.29 is 0 Å². The van der Waals surface area contributed by atoms with E-state index in [1.54, 1.807) is 17.4 Å². The third kappa shape index (κ3) is 3.00. The van der Waals surface area contributed by atoms with Crippen molar-refractivity contribution in [1.82, 2.24) is 4.98 Å². The molecule has 1 N–H and O–H groups in total. The van der Waals surface area contributed by atoms with Crippen LogP contribution in [0.25, 0.3) is 0 Å². The van der Waals surface area contributed by atoms with Gasteiger partial charge in [0.15, 0.2) is 0 Å². The van der Waals surface area contributed by atoms with E-state index in [0.717, 1.165) is 15.9 Å². The highest BCUT2D eigenvalue weighted by Gasteiger charge is 2.12. The summed E-state index contributed by atoms with van der Waals surface area (Å²) in [5.41, 5.74) is 1.93. The first-order valence-corrected chi connectivity index (χ1v) is 7.25. The molecule has 0 radical (unpaired) electrons. The molecule has 0 saturated heterocycles. The summed E-state index contributed by atoms with van der Waals surface area (Å²) in [6.45, 7) is 4.08. The molecule has 0 saturated carbocycles. The summed E-state index contributed by atoms with van der Waals surface area (Å²) in [4.78, 5) is 5.50. The minimum Gasteiger partial charge on any atom is -0.376 e. The highest BCUT2D eigenvalue weighted by atomic mass is 79.9. The summed E-state index contributed by atoms with van der Waals surface area (Å²) in [5.74, 6) is 0. The van der Waals surface area contributed by atoms with Gasteiger partial charge in [-0.2, -0.15) is 0 Å². The SMILES string of the molecule is Cc1nc(Cl)ccc1NC(C)c1sccc1Br. The molecule has 2 aromatic rings. The van der Waals surface area contributed by atoms with Gasteiger partial charge in [0.25, 0.3) is 0 Å². The van der Waals surface area contributed by atoms with Gasteiger partial charge >= 0.3 is 0 Å². The topological polar surface area (TPSA) is 24.9 Å². The van der Waals surface area contributed by atoms with Gasteiger partial charge in [0.05, 0.1) is 17.4 Å². The Kier molecular flexibility index (Phi) is 4.07. The number of nitrogens with one attached hydrogen (secondary N) is 1. The van der Waals surface area contributed by atoms with Gasteiger partial charge in [-0.3, -0.25) is 0 Å². The highest BCUT2D eigenvalue weighted by Crippen LogP contribution is 2.31. The molecule has 0 aliphatic rings. The van der Waals surface area contributed by atoms with E-state index >= 15 is 0 Å². The number of hydrogen-bond acceptors (Lipinski definition) is 3. The lowest BCUT2D eigenvalue weighted by molar-refractivity contribution is 0.897. The molecule has 0 bridgehead atoms. The third-order valence-corrected chi connectivity index (χ3v) is 4.73. The Bertz CT molecular complexity index is 527. The number of rotatable bonds is 3. The van der Waals surface area contributed by atoms with Gasteiger partial charge in [-0.25, -0.2) is 4.98 Å². The Morgan fingerprint density at radius 1 is 1.41 bits per heavy atom. The Balaban J connectivity index is 2.19. The molecule has 17 heavy (non-hydrogen) atoms. The van der Waals surface area contributed by atoms with Gasteiger partial charge in [0, 0.05) is 9.35 Å². The van der Waals surface area contributed by atoms with Crippen LogP contribution in [0.2, 0.25) is 5.15 Å². The maximum atomic E-state index is 5.83. The average Bonchev–Trinajstić information content (AvgIpc) is 2.68. The van der Waals surface area contributed by atoms with E-state index in [2.05, 4.69) is 44.6 Å². The van der Waals surface area contributed by atoms with Crippen molar-refractivity contribution in [3.8, 4) is 0 Å². The molecule has 0 fully saturated rings. The molecule has 0 aliphatic heterocycles. The predicted molar refractivity (Wildman–Crippen MR) is 78.0 cm³/mol. The van der Waals surface area contributed by atoms with Crippen LogP contribution >= 0.6 is 38.9 Å². The Morgan fingerprint density at radius 2 is 2.18 bits per heavy atom. The molecular formula is C12H12BrClN2S. The molecule has 0 spiro atoms. The zero-order valence-electron chi connectivity index (χ0n) is 9.50. The van der Waals surface area contributed by atoms with Crippen LogP contribution in [0, 0.1) is 6.92 Å². The normalized spacial score (nSPS) is 12.5. The number of aryl methyl sites for hydroxylation is 1. The van der Waals surface area contributed by atoms with E-state index in [-0.39, 0.29) is 6.04 Å². The van der Waals surface area contributed by atoms with E-state index in [4.69, 9.17) is 11.6 Å². The quantitative estimate of drug-likeness (QED) is 0.797. The lowest BCUT2D eigenvalue weighted by Crippen LogP contribution is -2.07. The van der Waals surface area contributed by atoms with Crippen LogP contribution in [0.15, 0.2) is 28.1 Å². The largest absolute Gasteiger partial charge is 0.376 e. The molecule has 2 nitrogen and oxygen atoms in total. The fourth-order valence-corrected chi connectivity index (χ4v) is 3.51. The highest BCUT2D eigenvalue weighted by molar-refractivity contribution is 9.10. The maximum Gasteiger partial charge on any atom is 0.129 e. The fraction of sp³-hybridized carbons (Fsp3) is 0.250. The number of anilines is 1. The van der Waals surface area contributed by atoms with Crippen LogP contribution in [0.4, 0.5) is 5.69 Å². The molecule has 1 atom stereocenters. The fourth-order valence-electron chi connectivity index (χ4n) is 1.60. The number of nitrogens with zero attached hydrogens (tertiary/aromatic N) is 1. The van der Waals surface area contributed by atoms with Crippen molar-refractivity contribution in [2.45, 2.75) is 19.9 Å². The van der Waals surface area contributed by atoms with Crippen molar-refractivity contribution in [2.24, 2.45) is 0 Å². The van der Waals surface area contributed by atoms with Crippen molar-refractivity contribution in [3.63, 3.8) is 0 Å². The summed E-state index contributed by atoms with van der Waals surface area (Å²) in [7, 11) is 0. The zero-order chi connectivity index (χ0) is 12.4. The standard InChI is InChI=1S/C12H12BrClN2S/c1-7-10(3-4-11(14)16-7)15-8(2)12-9(13)5-6-17-12/h3-6,8,15H,1-2H3. The van der Waals surface area contributed by atoms with Gasteiger partial charge in [0.1, 0.15) is 5.15 Å². The molecule has 5 heteroatoms. The van der Waals surface area contributed by atoms with E-state index < -0.39 is 0 Å². The van der Waals surface area contributed by atoms with Crippen LogP contribution in [0.5, 0.6) is 0 Å². The summed E-state index contributed by atoms with van der Waals surface area (Å²) < 4.78 is 1.14. The van der Waals surface area contributed by atoms with Crippen molar-refractivity contribution >= 4 is 44.6 Å². The molecule has 90 valence electrons. The van der Waals surface area contributed by atoms with Gasteiger partial charge in [-0.15, -0.1) is 11.3 Å². The average molecular weight is 332 g/mol. The molecule has 2 aromatic heterocycles. The van der Waals surface area contributed by atoms with Crippen LogP contribution < -0.4 is 5.32 Å². The predicted octanol–water partition coefficient (Wildman–Crippen LogP) is 5.04. The number of aromatic nitrogens is 1. The Morgan fingerprint density at radius 3 is 2.76 bits per heavy atom. The number of thiophene rings is 1. The smallest absolute Gasteiger partial charge is 0.129 e. The van der Waals surface area contributed by atoms with E-state index in [0.29, 0.717) is 5.15 Å². The minimum atomic E-state index is 0.242. The summed E-state index contributed by atoms with van der Waals surface area (Å²) >= 11 is 11.1. The summed E-state index contributed by atoms with van der Waals surface area (Å²) in [6.07, 6.45) is 0. The maximum absolute atomic E-state index is 5.83. The van der Waals surface area contributed by atoms with Crippen LogP contribution in [0.1, 0.15) is 23.5 Å². The Labute approximate surface area is 118 Å². The summed E-state index contributed by atoms with van der Waals surface area (Å²) in [5, 5.41) is 6.04. The molecule has 2 rings (SSSR count). The van der Waals surface area contributed by atoms with Crippen LogP contribution in [-0.4, -0.2) is 4.98 Å². The lowest BCUT2D eigenvalue weighted by atomic mass is 10.2. The first-order valence-electron chi connectivity index (χ1n) is 5.20. The monoisotopic (exact) mass is 330 g/mol. The van der Waals surface area contributed by atoms with Crippen molar-refractivity contribution in [1.29, 1.82) is 0 Å². The van der Waals surface area contributed by atoms with Gasteiger partial charge in [-0.05, 0) is 53.4 Å². The molecule has 1 unspecified atom stereocenters. The molecule has 0 aromatic carbocycles. The van der Waals surface area contributed by atoms with Crippen LogP contribution in [0.3, 0.4) is 0 Å². The summed E-state index contributed by atoms with van der Waals surface area (Å²) in [6, 6.07) is 6.06. The molecule has 0 amide bonds. The van der Waals surface area contributed by atoms with Gasteiger partial charge < -0.3 is 5.32 Å². The van der Waals surface area contributed by atoms with Gasteiger partial charge in [-0.1, -0.05) is 11.6 Å². The van der Waals surface area contributed by atoms with E-state index in [1.807, 2.05) is 13.0 Å². The Hall–Kier alpha value is -0.580. The number of pyridine rings is 1. The minimum absolute atomic E-state index is 0.242. The first kappa shape index (κ1) is 12.9. The van der Waals surface area contributed by atoms with Gasteiger partial charge in [0.2, 0.25) is 0 Å². The lowest BCUT2D eigenvalue weighted by Gasteiger charge is -2.16. The van der Waals surface area contributed by atoms with Crippen LogP contribution in [-0.2, 0) is 0 Å². The van der Waals surface area contributed by atoms with Crippen molar-refractivity contribution in [2.75, 3.05) is 5.32 Å². The molecule has 0 aliphatic carbocycles. The molecular weight excluding hydrogens is 320 g/mol. The molecule has 2 heterocycles. The second-order valence-corrected chi connectivity index (χ2v) is 5.96. The number of halogens is 2. The van der Waals surface area contributed by atoms with E-state index in [9.17, 15) is 0 Å². The zero-order valence-corrected chi connectivity index (χ0v) is 12.7. The second-order valence-electron chi connectivity index (χ2n) is 3.77. The third-order valence-electron chi connectivity index (χ3n) is 2.46. The second kappa shape index (κ2) is 5.38. The van der Waals surface area contributed by atoms with Crippen molar-refractivity contribution in [3.05, 3.63) is 43.8 Å². The van der Waals surface area contributed by atoms with E-state index in [1.165, 1.54) is 4.88 Å².